The van der Waals surface area contributed by atoms with Crippen molar-refractivity contribution in [3.63, 3.8) is 0 Å². The van der Waals surface area contributed by atoms with Crippen LogP contribution in [0.1, 0.15) is 26.3 Å². The monoisotopic (exact) mass is 424 g/mol. The van der Waals surface area contributed by atoms with Crippen LogP contribution in [0.4, 0.5) is 0 Å². The molecule has 2 rings (SSSR count). The summed E-state index contributed by atoms with van der Waals surface area (Å²) in [5.41, 5.74) is 1.29. The molecule has 0 bridgehead atoms. The summed E-state index contributed by atoms with van der Waals surface area (Å²) in [5, 5.41) is 0.163. The molecule has 1 amide bonds. The SMILES string of the molecule is COC(=O)c1ccc(CN(C)C(=O)c2cc(S(=O)(=O)N(C)C)ccc2Cl)cc1. The zero-order valence-electron chi connectivity index (χ0n) is 16.0. The van der Waals surface area contributed by atoms with Gasteiger partial charge in [-0.3, -0.25) is 4.79 Å². The molecule has 0 heterocycles. The molecule has 0 unspecified atom stereocenters. The fourth-order valence-corrected chi connectivity index (χ4v) is 3.58. The van der Waals surface area contributed by atoms with Gasteiger partial charge in [0.25, 0.3) is 5.91 Å². The Balaban J connectivity index is 2.24. The summed E-state index contributed by atoms with van der Waals surface area (Å²) in [4.78, 5) is 25.7. The number of hydrogen-bond acceptors (Lipinski definition) is 5. The molecule has 0 fully saturated rings. The zero-order chi connectivity index (χ0) is 21.1. The topological polar surface area (TPSA) is 84.0 Å². The summed E-state index contributed by atoms with van der Waals surface area (Å²) in [6.45, 7) is 0.251. The van der Waals surface area contributed by atoms with Crippen LogP contribution in [0.2, 0.25) is 5.02 Å². The maximum Gasteiger partial charge on any atom is 0.337 e. The van der Waals surface area contributed by atoms with E-state index < -0.39 is 21.9 Å². The van der Waals surface area contributed by atoms with E-state index in [-0.39, 0.29) is 22.0 Å². The number of halogens is 1. The number of amides is 1. The Bertz CT molecular complexity index is 988. The van der Waals surface area contributed by atoms with Gasteiger partial charge in [-0.1, -0.05) is 23.7 Å². The van der Waals surface area contributed by atoms with Crippen LogP contribution in [0.25, 0.3) is 0 Å². The minimum Gasteiger partial charge on any atom is -0.465 e. The molecule has 0 radical (unpaired) electrons. The van der Waals surface area contributed by atoms with E-state index >= 15 is 0 Å². The van der Waals surface area contributed by atoms with Gasteiger partial charge in [-0.25, -0.2) is 17.5 Å². The molecule has 0 aliphatic heterocycles. The first-order chi connectivity index (χ1) is 13.1. The largest absolute Gasteiger partial charge is 0.465 e. The van der Waals surface area contributed by atoms with E-state index in [9.17, 15) is 18.0 Å². The lowest BCUT2D eigenvalue weighted by molar-refractivity contribution is 0.0600. The van der Waals surface area contributed by atoms with Crippen LogP contribution in [0.5, 0.6) is 0 Å². The third-order valence-corrected chi connectivity index (χ3v) is 6.23. The molecule has 0 N–H and O–H groups in total. The van der Waals surface area contributed by atoms with Crippen molar-refractivity contribution in [2.24, 2.45) is 0 Å². The summed E-state index contributed by atoms with van der Waals surface area (Å²) < 4.78 is 30.3. The van der Waals surface area contributed by atoms with Crippen LogP contribution in [0.3, 0.4) is 0 Å². The molecular weight excluding hydrogens is 404 g/mol. The highest BCUT2D eigenvalue weighted by molar-refractivity contribution is 7.89. The van der Waals surface area contributed by atoms with Crippen LogP contribution in [-0.4, -0.2) is 57.8 Å². The Kier molecular flexibility index (Phi) is 6.82. The van der Waals surface area contributed by atoms with Gasteiger partial charge in [0.1, 0.15) is 0 Å². The number of benzene rings is 2. The van der Waals surface area contributed by atoms with Gasteiger partial charge in [-0.2, -0.15) is 0 Å². The van der Waals surface area contributed by atoms with Crippen molar-refractivity contribution in [2.75, 3.05) is 28.3 Å². The molecule has 0 aromatic heterocycles. The Hall–Kier alpha value is -2.42. The number of methoxy groups -OCH3 is 1. The predicted octanol–water partition coefficient (Wildman–Crippen LogP) is 2.65. The second kappa shape index (κ2) is 8.72. The first kappa shape index (κ1) is 21.9. The minimum absolute atomic E-state index is 0.0129. The van der Waals surface area contributed by atoms with Gasteiger partial charge in [0.15, 0.2) is 0 Å². The molecule has 0 saturated heterocycles. The second-order valence-electron chi connectivity index (χ2n) is 6.28. The quantitative estimate of drug-likeness (QED) is 0.665. The van der Waals surface area contributed by atoms with Gasteiger partial charge in [0, 0.05) is 27.7 Å². The normalized spacial score (nSPS) is 11.4. The van der Waals surface area contributed by atoms with Gasteiger partial charge in [0.05, 0.1) is 28.2 Å². The van der Waals surface area contributed by atoms with Crippen molar-refractivity contribution >= 4 is 33.5 Å². The molecule has 9 heteroatoms. The fourth-order valence-electron chi connectivity index (χ4n) is 2.45. The fraction of sp³-hybridized carbons (Fsp3) is 0.263. The van der Waals surface area contributed by atoms with Crippen molar-refractivity contribution in [3.8, 4) is 0 Å². The molecule has 0 atom stereocenters. The molecule has 0 spiro atoms. The van der Waals surface area contributed by atoms with E-state index in [2.05, 4.69) is 4.74 Å². The first-order valence-corrected chi connectivity index (χ1v) is 10.0. The van der Waals surface area contributed by atoms with Gasteiger partial charge in [-0.05, 0) is 35.9 Å². The molecule has 0 saturated carbocycles. The van der Waals surface area contributed by atoms with Crippen molar-refractivity contribution in [1.29, 1.82) is 0 Å². The molecule has 0 aliphatic carbocycles. The standard InChI is InChI=1S/C19H21ClN2O5S/c1-21(2)28(25,26)15-9-10-17(20)16(11-15)18(23)22(3)12-13-5-7-14(8-6-13)19(24)27-4/h5-11H,12H2,1-4H3. The summed E-state index contributed by atoms with van der Waals surface area (Å²) in [5.74, 6) is -0.862. The zero-order valence-corrected chi connectivity index (χ0v) is 17.5. The number of ether oxygens (including phenoxy) is 1. The van der Waals surface area contributed by atoms with Crippen molar-refractivity contribution < 1.29 is 22.7 Å². The van der Waals surface area contributed by atoms with Crippen LogP contribution >= 0.6 is 11.6 Å². The third-order valence-electron chi connectivity index (χ3n) is 4.09. The van der Waals surface area contributed by atoms with Gasteiger partial charge < -0.3 is 9.64 Å². The number of nitrogens with zero attached hydrogens (tertiary/aromatic N) is 2. The Labute approximate surface area is 169 Å². The lowest BCUT2D eigenvalue weighted by Crippen LogP contribution is -2.27. The van der Waals surface area contributed by atoms with Gasteiger partial charge >= 0.3 is 5.97 Å². The number of carbonyl (C=O) groups excluding carboxylic acids is 2. The molecule has 150 valence electrons. The van der Waals surface area contributed by atoms with E-state index in [1.807, 2.05) is 0 Å². The average molecular weight is 425 g/mol. The average Bonchev–Trinajstić information content (AvgIpc) is 2.67. The van der Waals surface area contributed by atoms with Crippen LogP contribution < -0.4 is 0 Å². The van der Waals surface area contributed by atoms with E-state index in [1.54, 1.807) is 31.3 Å². The minimum atomic E-state index is -3.69. The maximum absolute atomic E-state index is 12.8. The van der Waals surface area contributed by atoms with Gasteiger partial charge in [0.2, 0.25) is 10.0 Å². The number of rotatable bonds is 6. The van der Waals surface area contributed by atoms with E-state index in [0.717, 1.165) is 9.87 Å². The Morgan fingerprint density at radius 3 is 2.18 bits per heavy atom. The lowest BCUT2D eigenvalue weighted by atomic mass is 10.1. The lowest BCUT2D eigenvalue weighted by Gasteiger charge is -2.19. The number of hydrogen-bond donors (Lipinski definition) is 0. The van der Waals surface area contributed by atoms with E-state index in [1.165, 1.54) is 44.3 Å². The van der Waals surface area contributed by atoms with Crippen LogP contribution in [0.15, 0.2) is 47.4 Å². The summed E-state index contributed by atoms with van der Waals surface area (Å²) in [7, 11) is 2.02. The molecular formula is C19H21ClN2O5S. The summed E-state index contributed by atoms with van der Waals surface area (Å²) in [6.07, 6.45) is 0. The highest BCUT2D eigenvalue weighted by Gasteiger charge is 2.22. The van der Waals surface area contributed by atoms with Crippen molar-refractivity contribution in [3.05, 3.63) is 64.2 Å². The highest BCUT2D eigenvalue weighted by atomic mass is 35.5. The predicted molar refractivity (Wildman–Crippen MR) is 106 cm³/mol. The van der Waals surface area contributed by atoms with E-state index in [0.29, 0.717) is 5.56 Å². The highest BCUT2D eigenvalue weighted by Crippen LogP contribution is 2.23. The maximum atomic E-state index is 12.8. The van der Waals surface area contributed by atoms with Gasteiger partial charge in [-0.15, -0.1) is 0 Å². The van der Waals surface area contributed by atoms with E-state index in [4.69, 9.17) is 11.6 Å². The molecule has 7 nitrogen and oxygen atoms in total. The Morgan fingerprint density at radius 1 is 1.04 bits per heavy atom. The Morgan fingerprint density at radius 2 is 1.64 bits per heavy atom. The van der Waals surface area contributed by atoms with Crippen molar-refractivity contribution in [2.45, 2.75) is 11.4 Å². The number of carbonyl (C=O) groups is 2. The summed E-state index contributed by atoms with van der Waals surface area (Å²) in [6, 6.07) is 10.7. The third kappa shape index (κ3) is 4.70. The summed E-state index contributed by atoms with van der Waals surface area (Å²) >= 11 is 6.13. The molecule has 0 aliphatic rings. The first-order valence-electron chi connectivity index (χ1n) is 8.22. The number of esters is 1. The van der Waals surface area contributed by atoms with Crippen LogP contribution in [-0.2, 0) is 21.3 Å². The van der Waals surface area contributed by atoms with Crippen molar-refractivity contribution in [1.82, 2.24) is 9.21 Å². The van der Waals surface area contributed by atoms with Crippen LogP contribution in [0, 0.1) is 0 Å². The smallest absolute Gasteiger partial charge is 0.337 e. The second-order valence-corrected chi connectivity index (χ2v) is 8.84. The molecule has 2 aromatic rings. The number of sulfonamides is 1. The molecule has 28 heavy (non-hydrogen) atoms. The molecule has 2 aromatic carbocycles.